The SMILES string of the molecule is CC1CCC(NCC2(C#N)CC2)CC1. The highest BCUT2D eigenvalue weighted by Crippen LogP contribution is 2.44. The number of hydrogen-bond donors (Lipinski definition) is 1. The van der Waals surface area contributed by atoms with Gasteiger partial charge in [0.25, 0.3) is 0 Å². The molecular weight excluding hydrogens is 172 g/mol. The number of nitriles is 1. The van der Waals surface area contributed by atoms with Crippen LogP contribution in [-0.4, -0.2) is 12.6 Å². The molecule has 2 nitrogen and oxygen atoms in total. The van der Waals surface area contributed by atoms with Gasteiger partial charge in [0.05, 0.1) is 11.5 Å². The van der Waals surface area contributed by atoms with Crippen LogP contribution in [0, 0.1) is 22.7 Å². The molecule has 0 spiro atoms. The first-order valence-corrected chi connectivity index (χ1v) is 5.89. The number of rotatable bonds is 3. The van der Waals surface area contributed by atoms with E-state index in [9.17, 15) is 0 Å². The van der Waals surface area contributed by atoms with Gasteiger partial charge in [0, 0.05) is 12.6 Å². The van der Waals surface area contributed by atoms with Crippen molar-refractivity contribution in [3.05, 3.63) is 0 Å². The first-order chi connectivity index (χ1) is 6.74. The maximum atomic E-state index is 8.94. The van der Waals surface area contributed by atoms with Crippen LogP contribution >= 0.6 is 0 Å². The van der Waals surface area contributed by atoms with Gasteiger partial charge in [0.15, 0.2) is 0 Å². The van der Waals surface area contributed by atoms with E-state index in [1.807, 2.05) is 0 Å². The fourth-order valence-electron chi connectivity index (χ4n) is 2.28. The molecule has 2 fully saturated rings. The molecule has 14 heavy (non-hydrogen) atoms. The Bertz CT molecular complexity index is 229. The first kappa shape index (κ1) is 9.98. The lowest BCUT2D eigenvalue weighted by molar-refractivity contribution is 0.299. The summed E-state index contributed by atoms with van der Waals surface area (Å²) in [4.78, 5) is 0. The molecule has 0 aliphatic heterocycles. The molecule has 2 aliphatic carbocycles. The van der Waals surface area contributed by atoms with E-state index in [0.29, 0.717) is 6.04 Å². The van der Waals surface area contributed by atoms with Crippen LogP contribution in [0.4, 0.5) is 0 Å². The van der Waals surface area contributed by atoms with Gasteiger partial charge in [-0.1, -0.05) is 6.92 Å². The fourth-order valence-corrected chi connectivity index (χ4v) is 2.28. The molecule has 2 saturated carbocycles. The molecule has 0 heterocycles. The molecular formula is C12H20N2. The third-order valence-corrected chi connectivity index (χ3v) is 3.84. The normalized spacial score (nSPS) is 34.9. The summed E-state index contributed by atoms with van der Waals surface area (Å²) in [5, 5.41) is 12.5. The van der Waals surface area contributed by atoms with Gasteiger partial charge in [0.2, 0.25) is 0 Å². The van der Waals surface area contributed by atoms with Gasteiger partial charge in [-0.2, -0.15) is 5.26 Å². The molecule has 0 atom stereocenters. The van der Waals surface area contributed by atoms with E-state index < -0.39 is 0 Å². The third-order valence-electron chi connectivity index (χ3n) is 3.84. The summed E-state index contributed by atoms with van der Waals surface area (Å²) >= 11 is 0. The van der Waals surface area contributed by atoms with E-state index >= 15 is 0 Å². The molecule has 0 aromatic heterocycles. The fraction of sp³-hybridized carbons (Fsp3) is 0.917. The maximum Gasteiger partial charge on any atom is 0.0703 e. The average molecular weight is 192 g/mol. The van der Waals surface area contributed by atoms with Crippen molar-refractivity contribution < 1.29 is 0 Å². The van der Waals surface area contributed by atoms with Crippen molar-refractivity contribution in [2.75, 3.05) is 6.54 Å². The molecule has 0 aromatic rings. The molecule has 2 aliphatic rings. The van der Waals surface area contributed by atoms with Gasteiger partial charge in [-0.3, -0.25) is 0 Å². The van der Waals surface area contributed by atoms with Crippen molar-refractivity contribution in [3.8, 4) is 6.07 Å². The highest BCUT2D eigenvalue weighted by Gasteiger charge is 2.43. The second kappa shape index (κ2) is 3.90. The predicted molar refractivity (Wildman–Crippen MR) is 56.7 cm³/mol. The third kappa shape index (κ3) is 2.27. The van der Waals surface area contributed by atoms with E-state index in [2.05, 4.69) is 18.3 Å². The zero-order valence-corrected chi connectivity index (χ0v) is 9.05. The van der Waals surface area contributed by atoms with Gasteiger partial charge in [-0.15, -0.1) is 0 Å². The van der Waals surface area contributed by atoms with E-state index in [4.69, 9.17) is 5.26 Å². The van der Waals surface area contributed by atoms with Crippen molar-refractivity contribution >= 4 is 0 Å². The van der Waals surface area contributed by atoms with E-state index in [0.717, 1.165) is 25.3 Å². The van der Waals surface area contributed by atoms with Crippen LogP contribution in [-0.2, 0) is 0 Å². The Balaban J connectivity index is 1.69. The molecule has 1 N–H and O–H groups in total. The van der Waals surface area contributed by atoms with Gasteiger partial charge in [0.1, 0.15) is 0 Å². The lowest BCUT2D eigenvalue weighted by Gasteiger charge is -2.27. The Labute approximate surface area is 86.7 Å². The average Bonchev–Trinajstić information content (AvgIpc) is 2.98. The zero-order valence-electron chi connectivity index (χ0n) is 9.05. The minimum atomic E-state index is 0.0308. The molecule has 2 rings (SSSR count). The van der Waals surface area contributed by atoms with Gasteiger partial charge in [-0.25, -0.2) is 0 Å². The van der Waals surface area contributed by atoms with Crippen LogP contribution in [0.2, 0.25) is 0 Å². The lowest BCUT2D eigenvalue weighted by atomic mass is 9.87. The predicted octanol–water partition coefficient (Wildman–Crippen LogP) is 2.46. The molecule has 0 aromatic carbocycles. The number of nitrogens with one attached hydrogen (secondary N) is 1. The highest BCUT2D eigenvalue weighted by molar-refractivity contribution is 5.11. The summed E-state index contributed by atoms with van der Waals surface area (Å²) in [5.74, 6) is 0.916. The monoisotopic (exact) mass is 192 g/mol. The number of nitrogens with zero attached hydrogens (tertiary/aromatic N) is 1. The van der Waals surface area contributed by atoms with Crippen molar-refractivity contribution in [3.63, 3.8) is 0 Å². The molecule has 2 heteroatoms. The van der Waals surface area contributed by atoms with Gasteiger partial charge in [-0.05, 0) is 44.4 Å². The van der Waals surface area contributed by atoms with Crippen LogP contribution in [0.5, 0.6) is 0 Å². The van der Waals surface area contributed by atoms with Crippen molar-refractivity contribution in [1.82, 2.24) is 5.32 Å². The standard InChI is InChI=1S/C12H20N2/c1-10-2-4-11(5-3-10)14-9-12(8-13)6-7-12/h10-11,14H,2-7,9H2,1H3. The molecule has 78 valence electrons. The summed E-state index contributed by atoms with van der Waals surface area (Å²) in [7, 11) is 0. The number of hydrogen-bond acceptors (Lipinski definition) is 2. The van der Waals surface area contributed by atoms with E-state index in [1.54, 1.807) is 0 Å². The van der Waals surface area contributed by atoms with Crippen LogP contribution < -0.4 is 5.32 Å². The summed E-state index contributed by atoms with van der Waals surface area (Å²) < 4.78 is 0. The van der Waals surface area contributed by atoms with Crippen molar-refractivity contribution in [1.29, 1.82) is 5.26 Å². The Hall–Kier alpha value is -0.550. The van der Waals surface area contributed by atoms with Gasteiger partial charge >= 0.3 is 0 Å². The first-order valence-electron chi connectivity index (χ1n) is 5.89. The Morgan fingerprint density at radius 3 is 2.43 bits per heavy atom. The lowest BCUT2D eigenvalue weighted by Crippen LogP contribution is -2.36. The smallest absolute Gasteiger partial charge is 0.0703 e. The molecule has 0 bridgehead atoms. The van der Waals surface area contributed by atoms with E-state index in [1.165, 1.54) is 25.7 Å². The second-order valence-electron chi connectivity index (χ2n) is 5.23. The zero-order chi connectivity index (χ0) is 10.0. The molecule has 0 amide bonds. The van der Waals surface area contributed by atoms with E-state index in [-0.39, 0.29) is 5.41 Å². The largest absolute Gasteiger partial charge is 0.312 e. The van der Waals surface area contributed by atoms with Gasteiger partial charge < -0.3 is 5.32 Å². The summed E-state index contributed by atoms with van der Waals surface area (Å²) in [6.07, 6.45) is 7.55. The van der Waals surface area contributed by atoms with Crippen LogP contribution in [0.3, 0.4) is 0 Å². The quantitative estimate of drug-likeness (QED) is 0.745. The minimum Gasteiger partial charge on any atom is -0.312 e. The second-order valence-corrected chi connectivity index (χ2v) is 5.23. The Morgan fingerprint density at radius 2 is 1.93 bits per heavy atom. The Morgan fingerprint density at radius 1 is 1.29 bits per heavy atom. The van der Waals surface area contributed by atoms with Crippen molar-refractivity contribution in [2.45, 2.75) is 51.5 Å². The summed E-state index contributed by atoms with van der Waals surface area (Å²) in [6.45, 7) is 3.27. The van der Waals surface area contributed by atoms with Crippen LogP contribution in [0.25, 0.3) is 0 Å². The molecule has 0 radical (unpaired) electrons. The van der Waals surface area contributed by atoms with Crippen LogP contribution in [0.15, 0.2) is 0 Å². The van der Waals surface area contributed by atoms with Crippen molar-refractivity contribution in [2.24, 2.45) is 11.3 Å². The topological polar surface area (TPSA) is 35.8 Å². The molecule has 0 saturated heterocycles. The van der Waals surface area contributed by atoms with Crippen LogP contribution in [0.1, 0.15) is 45.4 Å². The minimum absolute atomic E-state index is 0.0308. The summed E-state index contributed by atoms with van der Waals surface area (Å²) in [5.41, 5.74) is 0.0308. The Kier molecular flexibility index (Phi) is 2.78. The molecule has 0 unspecified atom stereocenters. The highest BCUT2D eigenvalue weighted by atomic mass is 14.9. The maximum absolute atomic E-state index is 8.94. The summed E-state index contributed by atoms with van der Waals surface area (Å²) in [6, 6.07) is 3.13.